The van der Waals surface area contributed by atoms with E-state index in [1.165, 1.54) is 23.5 Å². The van der Waals surface area contributed by atoms with E-state index in [-0.39, 0.29) is 5.69 Å². The van der Waals surface area contributed by atoms with Gasteiger partial charge in [0.15, 0.2) is 5.13 Å². The largest absolute Gasteiger partial charge is 0.346 e. The van der Waals surface area contributed by atoms with E-state index in [1.807, 2.05) is 49.7 Å². The number of pyridine rings is 1. The Hall–Kier alpha value is -3.85. The van der Waals surface area contributed by atoms with Crippen LogP contribution in [0.25, 0.3) is 11.3 Å². The van der Waals surface area contributed by atoms with Crippen molar-refractivity contribution in [2.75, 3.05) is 5.32 Å². The number of aryl methyl sites for hydroxylation is 1. The minimum absolute atomic E-state index is 0.0288. The summed E-state index contributed by atoms with van der Waals surface area (Å²) >= 11 is 1.50. The van der Waals surface area contributed by atoms with Crippen molar-refractivity contribution in [1.29, 1.82) is 0 Å². The lowest BCUT2D eigenvalue weighted by Gasteiger charge is -2.21. The first-order chi connectivity index (χ1) is 15.0. The first-order valence-electron chi connectivity index (χ1n) is 9.56. The molecule has 8 nitrogen and oxygen atoms in total. The summed E-state index contributed by atoms with van der Waals surface area (Å²) in [4.78, 5) is 26.2. The van der Waals surface area contributed by atoms with Crippen LogP contribution in [0.5, 0.6) is 0 Å². The highest BCUT2D eigenvalue weighted by atomic mass is 32.1. The highest BCUT2D eigenvalue weighted by molar-refractivity contribution is 7.13. The fraction of sp³-hybridized carbons (Fsp3) is 0.136. The molecule has 3 heterocycles. The molecule has 0 aliphatic carbocycles. The zero-order valence-corrected chi connectivity index (χ0v) is 17.8. The summed E-state index contributed by atoms with van der Waals surface area (Å²) in [5, 5.41) is 17.2. The molecule has 3 aromatic rings. The number of nitrogens with one attached hydrogen (secondary N) is 1. The Bertz CT molecular complexity index is 1210. The van der Waals surface area contributed by atoms with E-state index in [1.54, 1.807) is 18.5 Å². The number of aliphatic imine (C=N–C) groups is 1. The zero-order chi connectivity index (χ0) is 21.8. The molecule has 0 radical (unpaired) electrons. The molecule has 0 spiro atoms. The number of thiazole rings is 1. The number of nitro groups is 1. The van der Waals surface area contributed by atoms with Gasteiger partial charge in [-0.25, -0.2) is 9.97 Å². The van der Waals surface area contributed by atoms with Gasteiger partial charge in [0.25, 0.3) is 5.69 Å². The smallest absolute Gasteiger partial charge is 0.270 e. The molecule has 0 saturated heterocycles. The molecule has 156 valence electrons. The molecular formula is C22H20N6O2S. The monoisotopic (exact) mass is 432 g/mol. The van der Waals surface area contributed by atoms with Crippen molar-refractivity contribution in [3.63, 3.8) is 0 Å². The van der Waals surface area contributed by atoms with Gasteiger partial charge in [-0.05, 0) is 37.6 Å². The molecule has 1 aromatic carbocycles. The lowest BCUT2D eigenvalue weighted by atomic mass is 10.1. The number of benzene rings is 1. The summed E-state index contributed by atoms with van der Waals surface area (Å²) in [6.45, 7) is 4.52. The fourth-order valence-electron chi connectivity index (χ4n) is 3.10. The second-order valence-electron chi connectivity index (χ2n) is 7.01. The first-order valence-corrected chi connectivity index (χ1v) is 10.4. The van der Waals surface area contributed by atoms with Gasteiger partial charge in [-0.1, -0.05) is 12.1 Å². The number of allylic oxidation sites excluding steroid dienone is 2. The molecule has 0 bridgehead atoms. The minimum Gasteiger partial charge on any atom is -0.346 e. The number of non-ortho nitro benzene ring substituents is 1. The Balaban J connectivity index is 1.73. The molecule has 1 aliphatic rings. The molecule has 0 unspecified atom stereocenters. The molecule has 1 aliphatic heterocycles. The number of hydrogen-bond acceptors (Lipinski definition) is 8. The van der Waals surface area contributed by atoms with Crippen molar-refractivity contribution in [3.8, 4) is 11.3 Å². The quantitative estimate of drug-likeness (QED) is 0.412. The lowest BCUT2D eigenvalue weighted by molar-refractivity contribution is -0.384. The second-order valence-corrected chi connectivity index (χ2v) is 7.87. The predicted molar refractivity (Wildman–Crippen MR) is 123 cm³/mol. The average molecular weight is 433 g/mol. The Morgan fingerprint density at radius 3 is 2.84 bits per heavy atom. The van der Waals surface area contributed by atoms with Crippen LogP contribution in [-0.2, 0) is 6.54 Å². The van der Waals surface area contributed by atoms with Gasteiger partial charge in [0.05, 0.1) is 16.3 Å². The minimum atomic E-state index is -0.402. The van der Waals surface area contributed by atoms with Crippen LogP contribution < -0.4 is 5.32 Å². The fourth-order valence-corrected chi connectivity index (χ4v) is 3.79. The van der Waals surface area contributed by atoms with Gasteiger partial charge in [-0.15, -0.1) is 11.3 Å². The summed E-state index contributed by atoms with van der Waals surface area (Å²) in [7, 11) is 0. The molecule has 31 heavy (non-hydrogen) atoms. The van der Waals surface area contributed by atoms with Gasteiger partial charge < -0.3 is 10.2 Å². The second kappa shape index (κ2) is 8.88. The average Bonchev–Trinajstić information content (AvgIpc) is 3.05. The normalized spacial score (nSPS) is 13.1. The van der Waals surface area contributed by atoms with Gasteiger partial charge in [0.2, 0.25) is 0 Å². The SMILES string of the molecule is CC1=CN=CC=CN1Cc1cc(Nc2nc(C)cs2)nc(-c2cccc([N+](=O)[O-])c2)c1. The third kappa shape index (κ3) is 5.01. The van der Waals surface area contributed by atoms with Crippen molar-refractivity contribution in [2.45, 2.75) is 20.4 Å². The summed E-state index contributed by atoms with van der Waals surface area (Å²) in [6.07, 6.45) is 7.39. The summed E-state index contributed by atoms with van der Waals surface area (Å²) in [5.74, 6) is 0.630. The summed E-state index contributed by atoms with van der Waals surface area (Å²) in [5.41, 5.74) is 4.28. The van der Waals surface area contributed by atoms with Gasteiger partial charge in [0, 0.05) is 53.9 Å². The zero-order valence-electron chi connectivity index (χ0n) is 17.0. The maximum Gasteiger partial charge on any atom is 0.270 e. The number of hydrogen-bond donors (Lipinski definition) is 1. The number of nitro benzene ring substituents is 1. The molecule has 0 fully saturated rings. The number of rotatable bonds is 6. The van der Waals surface area contributed by atoms with Gasteiger partial charge in [0.1, 0.15) is 5.82 Å². The lowest BCUT2D eigenvalue weighted by Crippen LogP contribution is -2.14. The van der Waals surface area contributed by atoms with Crippen molar-refractivity contribution in [2.24, 2.45) is 4.99 Å². The molecule has 0 amide bonds. The predicted octanol–water partition coefficient (Wildman–Crippen LogP) is 5.43. The van der Waals surface area contributed by atoms with Gasteiger partial charge in [-0.3, -0.25) is 15.1 Å². The maximum absolute atomic E-state index is 11.2. The number of nitrogens with zero attached hydrogens (tertiary/aromatic N) is 5. The van der Waals surface area contributed by atoms with Crippen LogP contribution in [0.3, 0.4) is 0 Å². The molecular weight excluding hydrogens is 412 g/mol. The van der Waals surface area contributed by atoms with Crippen molar-refractivity contribution in [3.05, 3.63) is 87.3 Å². The van der Waals surface area contributed by atoms with Crippen molar-refractivity contribution >= 4 is 34.2 Å². The topological polar surface area (TPSA) is 96.5 Å². The van der Waals surface area contributed by atoms with E-state index in [2.05, 4.69) is 20.2 Å². The van der Waals surface area contributed by atoms with Crippen molar-refractivity contribution in [1.82, 2.24) is 14.9 Å². The third-order valence-electron chi connectivity index (χ3n) is 4.60. The van der Waals surface area contributed by atoms with Gasteiger partial charge >= 0.3 is 0 Å². The van der Waals surface area contributed by atoms with Crippen LogP contribution in [0, 0.1) is 17.0 Å². The maximum atomic E-state index is 11.2. The van der Waals surface area contributed by atoms with Crippen LogP contribution >= 0.6 is 11.3 Å². The van der Waals surface area contributed by atoms with E-state index < -0.39 is 4.92 Å². The standard InChI is InChI=1S/C22H20N6O2S/c1-15-14-31-22(24-15)26-21-10-17(13-27-8-4-7-23-12-16(27)2)9-20(25-21)18-5-3-6-19(11-18)28(29)30/h3-12,14H,13H2,1-2H3,(H,24,25,26). The Morgan fingerprint density at radius 2 is 2.06 bits per heavy atom. The Kier molecular flexibility index (Phi) is 5.85. The van der Waals surface area contributed by atoms with E-state index in [9.17, 15) is 10.1 Å². The molecule has 2 aromatic heterocycles. The van der Waals surface area contributed by atoms with Crippen LogP contribution in [0.15, 0.2) is 70.9 Å². The highest BCUT2D eigenvalue weighted by Crippen LogP contribution is 2.28. The van der Waals surface area contributed by atoms with E-state index >= 15 is 0 Å². The van der Waals surface area contributed by atoms with E-state index in [4.69, 9.17) is 4.98 Å². The van der Waals surface area contributed by atoms with Crippen LogP contribution in [-0.4, -0.2) is 26.0 Å². The summed E-state index contributed by atoms with van der Waals surface area (Å²) < 4.78 is 0. The number of anilines is 2. The summed E-state index contributed by atoms with van der Waals surface area (Å²) in [6, 6.07) is 10.4. The molecule has 0 atom stereocenters. The Labute approximate surface area is 183 Å². The molecule has 4 rings (SSSR count). The van der Waals surface area contributed by atoms with Gasteiger partial charge in [-0.2, -0.15) is 0 Å². The van der Waals surface area contributed by atoms with Crippen molar-refractivity contribution < 1.29 is 4.92 Å². The first kappa shape index (κ1) is 20.4. The third-order valence-corrected chi connectivity index (χ3v) is 5.47. The number of aromatic nitrogens is 2. The Morgan fingerprint density at radius 1 is 1.19 bits per heavy atom. The molecule has 1 N–H and O–H groups in total. The van der Waals surface area contributed by atoms with Crippen LogP contribution in [0.2, 0.25) is 0 Å². The van der Waals surface area contributed by atoms with Crippen LogP contribution in [0.1, 0.15) is 18.2 Å². The molecule has 0 saturated carbocycles. The van der Waals surface area contributed by atoms with E-state index in [0.717, 1.165) is 22.1 Å². The molecule has 9 heteroatoms. The van der Waals surface area contributed by atoms with E-state index in [0.29, 0.717) is 23.6 Å². The highest BCUT2D eigenvalue weighted by Gasteiger charge is 2.13. The van der Waals surface area contributed by atoms with Crippen LogP contribution in [0.4, 0.5) is 16.6 Å².